The fourth-order valence-corrected chi connectivity index (χ4v) is 3.27. The van der Waals surface area contributed by atoms with Gasteiger partial charge in [-0.3, -0.25) is 4.57 Å². The summed E-state index contributed by atoms with van der Waals surface area (Å²) >= 11 is 0. The number of aliphatic hydroxyl groups is 3. The van der Waals surface area contributed by atoms with Crippen molar-refractivity contribution in [3.63, 3.8) is 0 Å². The number of nitrogens with one attached hydrogen (secondary N) is 1. The molecule has 0 radical (unpaired) electrons. The van der Waals surface area contributed by atoms with Crippen LogP contribution in [0.3, 0.4) is 0 Å². The van der Waals surface area contributed by atoms with Crippen molar-refractivity contribution < 1.29 is 33.2 Å². The van der Waals surface area contributed by atoms with E-state index in [2.05, 4.69) is 20.3 Å². The van der Waals surface area contributed by atoms with Crippen LogP contribution in [0.2, 0.25) is 0 Å². The van der Waals surface area contributed by atoms with Gasteiger partial charge < -0.3 is 25.4 Å². The smallest absolute Gasteiger partial charge is 0.394 e. The number of benzene rings is 1. The Morgan fingerprint density at radius 1 is 1.07 bits per heavy atom. The van der Waals surface area contributed by atoms with Gasteiger partial charge in [0.2, 0.25) is 0 Å². The molecule has 4 atom stereocenters. The summed E-state index contributed by atoms with van der Waals surface area (Å²) in [6.07, 6.45) is -6.27. The Morgan fingerprint density at radius 3 is 2.43 bits per heavy atom. The first-order chi connectivity index (χ1) is 14.3. The number of ether oxygens (including phenoxy) is 1. The Kier molecular flexibility index (Phi) is 5.32. The molecule has 0 aliphatic carbocycles. The highest BCUT2D eigenvalue weighted by Crippen LogP contribution is 2.32. The van der Waals surface area contributed by atoms with Crippen LogP contribution in [0.25, 0.3) is 11.2 Å². The number of rotatable bonds is 5. The lowest BCUT2D eigenvalue weighted by Crippen LogP contribution is -2.33. The minimum Gasteiger partial charge on any atom is -0.394 e. The first-order valence-electron chi connectivity index (χ1n) is 8.99. The van der Waals surface area contributed by atoms with Crippen molar-refractivity contribution in [3.05, 3.63) is 48.0 Å². The highest BCUT2D eigenvalue weighted by atomic mass is 19.4. The van der Waals surface area contributed by atoms with Crippen LogP contribution < -0.4 is 5.32 Å². The maximum absolute atomic E-state index is 12.7. The number of alkyl halides is 3. The second-order valence-corrected chi connectivity index (χ2v) is 6.82. The highest BCUT2D eigenvalue weighted by molar-refractivity contribution is 5.82. The Labute approximate surface area is 167 Å². The summed E-state index contributed by atoms with van der Waals surface area (Å²) in [4.78, 5) is 12.5. The topological polar surface area (TPSA) is 126 Å². The van der Waals surface area contributed by atoms with E-state index in [4.69, 9.17) is 4.74 Å². The minimum absolute atomic E-state index is 0.199. The Morgan fingerprint density at radius 2 is 1.80 bits per heavy atom. The second-order valence-electron chi connectivity index (χ2n) is 6.82. The van der Waals surface area contributed by atoms with Crippen LogP contribution in [0.15, 0.2) is 36.9 Å². The fourth-order valence-electron chi connectivity index (χ4n) is 3.27. The third-order valence-corrected chi connectivity index (χ3v) is 4.89. The molecular formula is C18H18F3N5O4. The van der Waals surface area contributed by atoms with Gasteiger partial charge in [0.1, 0.15) is 24.6 Å². The average molecular weight is 425 g/mol. The first kappa shape index (κ1) is 20.5. The molecule has 1 unspecified atom stereocenters. The van der Waals surface area contributed by atoms with Crippen molar-refractivity contribution in [2.75, 3.05) is 11.9 Å². The zero-order chi connectivity index (χ0) is 21.5. The van der Waals surface area contributed by atoms with E-state index in [-0.39, 0.29) is 6.54 Å². The number of hydrogen-bond donors (Lipinski definition) is 4. The molecule has 4 N–H and O–H groups in total. The van der Waals surface area contributed by atoms with Gasteiger partial charge in [-0.1, -0.05) is 12.1 Å². The van der Waals surface area contributed by atoms with E-state index in [0.29, 0.717) is 22.5 Å². The third-order valence-electron chi connectivity index (χ3n) is 4.89. The quantitative estimate of drug-likeness (QED) is 0.478. The predicted octanol–water partition coefficient (Wildman–Crippen LogP) is 1.07. The van der Waals surface area contributed by atoms with E-state index >= 15 is 0 Å². The van der Waals surface area contributed by atoms with Crippen molar-refractivity contribution in [1.29, 1.82) is 0 Å². The summed E-state index contributed by atoms with van der Waals surface area (Å²) in [7, 11) is 0. The zero-order valence-electron chi connectivity index (χ0n) is 15.4. The highest BCUT2D eigenvalue weighted by Gasteiger charge is 2.44. The Hall–Kier alpha value is -2.80. The minimum atomic E-state index is -4.40. The standard InChI is InChI=1S/C18H18F3N5O4/c19-18(20,21)10-3-1-9(2-4-10)5-22-15-12-16(24-7-23-15)26(8-25-12)17-14(29)13(28)11(6-27)30-17/h1-4,7-8,11,13-14,17,27-29H,5-6H2,(H,22,23,24)/t11-,13-,14+,17?/m1/s1. The van der Waals surface area contributed by atoms with Crippen LogP contribution >= 0.6 is 0 Å². The second kappa shape index (κ2) is 7.80. The predicted molar refractivity (Wildman–Crippen MR) is 97.1 cm³/mol. The molecule has 0 spiro atoms. The summed E-state index contributed by atoms with van der Waals surface area (Å²) in [6.45, 7) is -0.263. The van der Waals surface area contributed by atoms with Gasteiger partial charge in [-0.05, 0) is 17.7 Å². The maximum Gasteiger partial charge on any atom is 0.416 e. The van der Waals surface area contributed by atoms with Crippen LogP contribution in [0.1, 0.15) is 17.4 Å². The van der Waals surface area contributed by atoms with Crippen molar-refractivity contribution in [3.8, 4) is 0 Å². The van der Waals surface area contributed by atoms with Gasteiger partial charge in [0, 0.05) is 6.54 Å². The lowest BCUT2D eigenvalue weighted by molar-refractivity contribution is -0.137. The maximum atomic E-state index is 12.7. The van der Waals surface area contributed by atoms with E-state index < -0.39 is 42.9 Å². The van der Waals surface area contributed by atoms with Gasteiger partial charge in [-0.2, -0.15) is 13.2 Å². The summed E-state index contributed by atoms with van der Waals surface area (Å²) in [5.41, 5.74) is 0.544. The van der Waals surface area contributed by atoms with Crippen molar-refractivity contribution in [2.45, 2.75) is 37.3 Å². The Balaban J connectivity index is 1.54. The summed E-state index contributed by atoms with van der Waals surface area (Å²) in [5.74, 6) is 0.338. The molecule has 0 saturated carbocycles. The molecule has 30 heavy (non-hydrogen) atoms. The summed E-state index contributed by atoms with van der Waals surface area (Å²) in [5, 5.41) is 32.4. The summed E-state index contributed by atoms with van der Waals surface area (Å²) < 4.78 is 44.9. The van der Waals surface area contributed by atoms with Gasteiger partial charge in [0.05, 0.1) is 18.5 Å². The number of aromatic nitrogens is 4. The molecule has 160 valence electrons. The number of nitrogens with zero attached hydrogens (tertiary/aromatic N) is 4. The van der Waals surface area contributed by atoms with Crippen LogP contribution in [-0.4, -0.2) is 59.8 Å². The number of halogens is 3. The number of hydrogen-bond acceptors (Lipinski definition) is 8. The average Bonchev–Trinajstić information content (AvgIpc) is 3.27. The van der Waals surface area contributed by atoms with E-state index in [1.807, 2.05) is 0 Å². The first-order valence-corrected chi connectivity index (χ1v) is 8.99. The molecule has 9 nitrogen and oxygen atoms in total. The largest absolute Gasteiger partial charge is 0.416 e. The Bertz CT molecular complexity index is 1030. The molecule has 4 rings (SSSR count). The van der Waals surface area contributed by atoms with E-state index in [1.54, 1.807) is 0 Å². The zero-order valence-corrected chi connectivity index (χ0v) is 15.4. The van der Waals surface area contributed by atoms with Gasteiger partial charge >= 0.3 is 6.18 Å². The van der Waals surface area contributed by atoms with Gasteiger partial charge in [0.25, 0.3) is 0 Å². The molecule has 1 aliphatic heterocycles. The number of imidazole rings is 1. The summed E-state index contributed by atoms with van der Waals surface area (Å²) in [6, 6.07) is 4.74. The molecule has 1 aromatic carbocycles. The van der Waals surface area contributed by atoms with E-state index in [0.717, 1.165) is 12.1 Å². The van der Waals surface area contributed by atoms with Crippen LogP contribution in [0, 0.1) is 0 Å². The molecule has 12 heteroatoms. The molecular weight excluding hydrogens is 407 g/mol. The van der Waals surface area contributed by atoms with Crippen molar-refractivity contribution >= 4 is 17.0 Å². The van der Waals surface area contributed by atoms with E-state index in [9.17, 15) is 28.5 Å². The van der Waals surface area contributed by atoms with Crippen LogP contribution in [0.4, 0.5) is 19.0 Å². The van der Waals surface area contributed by atoms with E-state index in [1.165, 1.54) is 29.4 Å². The molecule has 2 aromatic heterocycles. The molecule has 0 amide bonds. The monoisotopic (exact) mass is 425 g/mol. The molecule has 3 aromatic rings. The number of anilines is 1. The SMILES string of the molecule is OC[C@H]1OC(n2cnc3c(NCc4ccc(C(F)(F)F)cc4)ncnc32)[C@@H](O)[C@@H]1O. The number of fused-ring (bicyclic) bond motifs is 1. The van der Waals surface area contributed by atoms with Crippen molar-refractivity contribution in [2.24, 2.45) is 0 Å². The van der Waals surface area contributed by atoms with Crippen LogP contribution in [0.5, 0.6) is 0 Å². The van der Waals surface area contributed by atoms with Gasteiger partial charge in [0.15, 0.2) is 23.2 Å². The molecule has 1 saturated heterocycles. The van der Waals surface area contributed by atoms with Gasteiger partial charge in [-0.15, -0.1) is 0 Å². The third kappa shape index (κ3) is 3.69. The lowest BCUT2D eigenvalue weighted by Gasteiger charge is -2.16. The van der Waals surface area contributed by atoms with Gasteiger partial charge in [-0.25, -0.2) is 15.0 Å². The normalized spacial score (nSPS) is 24.5. The molecule has 0 bridgehead atoms. The molecule has 1 fully saturated rings. The molecule has 1 aliphatic rings. The number of aliphatic hydroxyl groups excluding tert-OH is 3. The fraction of sp³-hybridized carbons (Fsp3) is 0.389. The van der Waals surface area contributed by atoms with Crippen molar-refractivity contribution in [1.82, 2.24) is 19.5 Å². The molecule has 3 heterocycles. The van der Waals surface area contributed by atoms with Crippen LogP contribution in [-0.2, 0) is 17.5 Å². The lowest BCUT2D eigenvalue weighted by atomic mass is 10.1.